The molecule has 1 aromatic carbocycles. The molecule has 0 radical (unpaired) electrons. The third kappa shape index (κ3) is 3.21. The zero-order valence-corrected chi connectivity index (χ0v) is 8.44. The average Bonchev–Trinajstić information content (AvgIpc) is 2.25. The second-order valence-corrected chi connectivity index (χ2v) is 3.08. The molecule has 17 heavy (non-hydrogen) atoms. The first-order chi connectivity index (χ1) is 7.86. The fourth-order valence-corrected chi connectivity index (χ4v) is 1.12. The van der Waals surface area contributed by atoms with E-state index in [9.17, 15) is 22.4 Å². The summed E-state index contributed by atoms with van der Waals surface area (Å²) in [5, 5.41) is 2.18. The summed E-state index contributed by atoms with van der Waals surface area (Å²) in [6.07, 6.45) is 0.0327. The van der Waals surface area contributed by atoms with Gasteiger partial charge in [-0.25, -0.2) is 4.39 Å². The minimum absolute atomic E-state index is 0.114. The number of amides is 1. The van der Waals surface area contributed by atoms with Gasteiger partial charge in [0.05, 0.1) is 12.1 Å². The largest absolute Gasteiger partial charge is 0.419 e. The van der Waals surface area contributed by atoms with Crippen molar-refractivity contribution in [2.24, 2.45) is 0 Å². The summed E-state index contributed by atoms with van der Waals surface area (Å²) in [5.74, 6) is -0.112. The minimum atomic E-state index is -4.84. The van der Waals surface area contributed by atoms with Crippen molar-refractivity contribution < 1.29 is 22.4 Å². The van der Waals surface area contributed by atoms with Crippen LogP contribution in [0.2, 0.25) is 0 Å². The van der Waals surface area contributed by atoms with Crippen LogP contribution in [0.15, 0.2) is 18.2 Å². The molecular weight excluding hydrogens is 238 g/mol. The molecule has 0 bridgehead atoms. The predicted molar refractivity (Wildman–Crippen MR) is 52.6 cm³/mol. The van der Waals surface area contributed by atoms with Crippen LogP contribution >= 0.6 is 0 Å². The number of alkyl halides is 3. The van der Waals surface area contributed by atoms with Crippen LogP contribution < -0.4 is 5.32 Å². The standard InChI is InChI=1S/C11H7F4NO/c1-2-5-16-10(17)7-3-4-9(12)8(6-7)11(13,14)15/h1,3-4,6H,5H2,(H,16,17). The van der Waals surface area contributed by atoms with Crippen molar-refractivity contribution in [3.8, 4) is 12.3 Å². The Labute approximate surface area is 94.6 Å². The Morgan fingerprint density at radius 3 is 2.59 bits per heavy atom. The topological polar surface area (TPSA) is 29.1 Å². The molecule has 0 saturated heterocycles. The lowest BCUT2D eigenvalue weighted by molar-refractivity contribution is -0.140. The monoisotopic (exact) mass is 245 g/mol. The van der Waals surface area contributed by atoms with Gasteiger partial charge in [0.1, 0.15) is 5.82 Å². The van der Waals surface area contributed by atoms with Gasteiger partial charge in [0.15, 0.2) is 0 Å². The fourth-order valence-electron chi connectivity index (χ4n) is 1.12. The predicted octanol–water partition coefficient (Wildman–Crippen LogP) is 2.21. The molecule has 1 aromatic rings. The molecule has 0 unspecified atom stereocenters. The molecule has 0 aliphatic rings. The van der Waals surface area contributed by atoms with Crippen molar-refractivity contribution in [1.29, 1.82) is 0 Å². The highest BCUT2D eigenvalue weighted by atomic mass is 19.4. The first-order valence-corrected chi connectivity index (χ1v) is 4.44. The van der Waals surface area contributed by atoms with E-state index < -0.39 is 23.5 Å². The van der Waals surface area contributed by atoms with Crippen LogP contribution in [0.4, 0.5) is 17.6 Å². The molecule has 0 aliphatic carbocycles. The van der Waals surface area contributed by atoms with Crippen LogP contribution in [-0.4, -0.2) is 12.5 Å². The number of terminal acetylenes is 1. The minimum Gasteiger partial charge on any atom is -0.341 e. The Kier molecular flexibility index (Phi) is 3.73. The average molecular weight is 245 g/mol. The Bertz CT molecular complexity index is 473. The molecule has 1 amide bonds. The summed E-state index contributed by atoms with van der Waals surface area (Å²) < 4.78 is 49.9. The molecule has 0 spiro atoms. The summed E-state index contributed by atoms with van der Waals surface area (Å²) in [5.41, 5.74) is -1.78. The molecule has 0 saturated carbocycles. The number of benzene rings is 1. The smallest absolute Gasteiger partial charge is 0.341 e. The van der Waals surface area contributed by atoms with Crippen molar-refractivity contribution in [1.82, 2.24) is 5.32 Å². The molecule has 2 nitrogen and oxygen atoms in total. The second-order valence-electron chi connectivity index (χ2n) is 3.08. The van der Waals surface area contributed by atoms with E-state index in [4.69, 9.17) is 6.42 Å². The number of rotatable bonds is 2. The molecule has 1 N–H and O–H groups in total. The highest BCUT2D eigenvalue weighted by Crippen LogP contribution is 2.31. The van der Waals surface area contributed by atoms with E-state index in [2.05, 4.69) is 11.2 Å². The van der Waals surface area contributed by atoms with E-state index in [1.807, 2.05) is 0 Å². The summed E-state index contributed by atoms with van der Waals surface area (Å²) in [4.78, 5) is 11.3. The quantitative estimate of drug-likeness (QED) is 0.628. The van der Waals surface area contributed by atoms with E-state index in [0.717, 1.165) is 6.07 Å². The fraction of sp³-hybridized carbons (Fsp3) is 0.182. The molecule has 1 rings (SSSR count). The second kappa shape index (κ2) is 4.87. The normalized spacial score (nSPS) is 10.8. The van der Waals surface area contributed by atoms with Gasteiger partial charge >= 0.3 is 6.18 Å². The van der Waals surface area contributed by atoms with E-state index in [-0.39, 0.29) is 12.1 Å². The molecule has 0 aliphatic heterocycles. The van der Waals surface area contributed by atoms with Gasteiger partial charge in [0.25, 0.3) is 5.91 Å². The van der Waals surface area contributed by atoms with Gasteiger partial charge in [0.2, 0.25) is 0 Å². The maximum absolute atomic E-state index is 12.9. The Morgan fingerprint density at radius 1 is 1.41 bits per heavy atom. The number of carbonyl (C=O) groups is 1. The molecular formula is C11H7F4NO. The zero-order valence-electron chi connectivity index (χ0n) is 8.44. The first kappa shape index (κ1) is 13.0. The van der Waals surface area contributed by atoms with Crippen molar-refractivity contribution in [3.63, 3.8) is 0 Å². The van der Waals surface area contributed by atoms with E-state index >= 15 is 0 Å². The molecule has 6 heteroatoms. The Balaban J connectivity index is 3.05. The number of carbonyl (C=O) groups excluding carboxylic acids is 1. The lowest BCUT2D eigenvalue weighted by Crippen LogP contribution is -2.24. The summed E-state index contributed by atoms with van der Waals surface area (Å²) >= 11 is 0. The Hall–Kier alpha value is -2.03. The highest BCUT2D eigenvalue weighted by Gasteiger charge is 2.34. The van der Waals surface area contributed by atoms with Crippen molar-refractivity contribution in [3.05, 3.63) is 35.1 Å². The van der Waals surface area contributed by atoms with Crippen molar-refractivity contribution in [2.75, 3.05) is 6.54 Å². The molecule has 90 valence electrons. The first-order valence-electron chi connectivity index (χ1n) is 4.44. The van der Waals surface area contributed by atoms with Gasteiger partial charge in [-0.2, -0.15) is 13.2 Å². The zero-order chi connectivity index (χ0) is 13.1. The summed E-state index contributed by atoms with van der Waals surface area (Å²) in [6.45, 7) is -0.114. The SMILES string of the molecule is C#CCNC(=O)c1ccc(F)c(C(F)(F)F)c1. The number of hydrogen-bond acceptors (Lipinski definition) is 1. The van der Waals surface area contributed by atoms with Crippen LogP contribution in [0.3, 0.4) is 0 Å². The van der Waals surface area contributed by atoms with Gasteiger partial charge in [0, 0.05) is 5.56 Å². The molecule has 0 fully saturated rings. The lowest BCUT2D eigenvalue weighted by atomic mass is 10.1. The van der Waals surface area contributed by atoms with Crippen LogP contribution in [-0.2, 0) is 6.18 Å². The van der Waals surface area contributed by atoms with E-state index in [0.29, 0.717) is 12.1 Å². The lowest BCUT2D eigenvalue weighted by Gasteiger charge is -2.09. The third-order valence-corrected chi connectivity index (χ3v) is 1.88. The maximum Gasteiger partial charge on any atom is 0.419 e. The highest BCUT2D eigenvalue weighted by molar-refractivity contribution is 5.94. The number of halogens is 4. The van der Waals surface area contributed by atoms with Gasteiger partial charge in [-0.15, -0.1) is 6.42 Å². The summed E-state index contributed by atoms with van der Waals surface area (Å²) in [6, 6.07) is 1.99. The van der Waals surface area contributed by atoms with Gasteiger partial charge in [-0.1, -0.05) is 5.92 Å². The Morgan fingerprint density at radius 2 is 2.06 bits per heavy atom. The van der Waals surface area contributed by atoms with Gasteiger partial charge < -0.3 is 5.32 Å². The third-order valence-electron chi connectivity index (χ3n) is 1.88. The number of hydrogen-bond donors (Lipinski definition) is 1. The maximum atomic E-state index is 12.9. The van der Waals surface area contributed by atoms with Crippen LogP contribution in [0.5, 0.6) is 0 Å². The van der Waals surface area contributed by atoms with Gasteiger partial charge in [-0.3, -0.25) is 4.79 Å². The van der Waals surface area contributed by atoms with Crippen LogP contribution in [0.1, 0.15) is 15.9 Å². The summed E-state index contributed by atoms with van der Waals surface area (Å²) in [7, 11) is 0. The van der Waals surface area contributed by atoms with Crippen molar-refractivity contribution in [2.45, 2.75) is 6.18 Å². The van der Waals surface area contributed by atoms with E-state index in [1.165, 1.54) is 0 Å². The molecule has 0 atom stereocenters. The van der Waals surface area contributed by atoms with Gasteiger partial charge in [-0.05, 0) is 18.2 Å². The van der Waals surface area contributed by atoms with Crippen LogP contribution in [0.25, 0.3) is 0 Å². The molecule has 0 heterocycles. The molecule has 0 aromatic heterocycles. The van der Waals surface area contributed by atoms with Crippen LogP contribution in [0, 0.1) is 18.2 Å². The van der Waals surface area contributed by atoms with Crippen molar-refractivity contribution >= 4 is 5.91 Å². The van der Waals surface area contributed by atoms with E-state index in [1.54, 1.807) is 0 Å². The number of nitrogens with one attached hydrogen (secondary N) is 1.